The first-order chi connectivity index (χ1) is 8.91. The van der Waals surface area contributed by atoms with Gasteiger partial charge in [-0.2, -0.15) is 5.10 Å². The van der Waals surface area contributed by atoms with Gasteiger partial charge >= 0.3 is 0 Å². The molecule has 0 spiro atoms. The van der Waals surface area contributed by atoms with E-state index in [1.54, 1.807) is 7.11 Å². The summed E-state index contributed by atoms with van der Waals surface area (Å²) in [5.74, 6) is 0. The number of aromatic nitrogens is 2. The average molecular weight is 258 g/mol. The van der Waals surface area contributed by atoms with Gasteiger partial charge < -0.3 is 4.74 Å². The maximum absolute atomic E-state index is 5.36. The number of hydrogen-bond donors (Lipinski definition) is 0. The molecule has 0 fully saturated rings. The molecule has 0 bridgehead atoms. The quantitative estimate of drug-likeness (QED) is 0.831. The zero-order valence-corrected chi connectivity index (χ0v) is 12.3. The molecule has 19 heavy (non-hydrogen) atoms. The van der Waals surface area contributed by atoms with Crippen molar-refractivity contribution in [2.24, 2.45) is 0 Å². The monoisotopic (exact) mass is 258 g/mol. The second-order valence-electron chi connectivity index (χ2n) is 5.82. The molecule has 1 heterocycles. The number of benzene rings is 1. The summed E-state index contributed by atoms with van der Waals surface area (Å²) >= 11 is 0. The van der Waals surface area contributed by atoms with Gasteiger partial charge in [0.05, 0.1) is 17.3 Å². The van der Waals surface area contributed by atoms with Gasteiger partial charge in [-0.25, -0.2) is 0 Å². The van der Waals surface area contributed by atoms with Gasteiger partial charge in [0.2, 0.25) is 0 Å². The predicted octanol–water partition coefficient (Wildman–Crippen LogP) is 4.01. The van der Waals surface area contributed by atoms with Gasteiger partial charge in [0.25, 0.3) is 0 Å². The minimum Gasteiger partial charge on any atom is -0.377 e. The van der Waals surface area contributed by atoms with Crippen LogP contribution in [0.1, 0.15) is 39.4 Å². The van der Waals surface area contributed by atoms with Crippen LogP contribution in [0.2, 0.25) is 0 Å². The Labute approximate surface area is 115 Å². The Morgan fingerprint density at radius 3 is 2.53 bits per heavy atom. The van der Waals surface area contributed by atoms with Crippen molar-refractivity contribution >= 4 is 0 Å². The summed E-state index contributed by atoms with van der Waals surface area (Å²) in [6.45, 7) is 8.49. The molecule has 1 aromatic carbocycles. The van der Waals surface area contributed by atoms with Gasteiger partial charge in [0, 0.05) is 18.9 Å². The molecule has 1 aromatic heterocycles. The summed E-state index contributed by atoms with van der Waals surface area (Å²) in [4.78, 5) is 0. The van der Waals surface area contributed by atoms with Crippen LogP contribution in [-0.4, -0.2) is 16.9 Å². The van der Waals surface area contributed by atoms with Crippen LogP contribution in [0.25, 0.3) is 11.3 Å². The van der Waals surface area contributed by atoms with Crippen molar-refractivity contribution in [1.82, 2.24) is 9.78 Å². The van der Waals surface area contributed by atoms with Crippen molar-refractivity contribution in [2.45, 2.75) is 39.3 Å². The first-order valence-electron chi connectivity index (χ1n) is 6.61. The third-order valence-electron chi connectivity index (χ3n) is 3.28. The molecule has 0 saturated carbocycles. The van der Waals surface area contributed by atoms with Crippen molar-refractivity contribution in [3.63, 3.8) is 0 Å². The number of methoxy groups -OCH3 is 1. The largest absolute Gasteiger partial charge is 0.377 e. The smallest absolute Gasteiger partial charge is 0.0923 e. The van der Waals surface area contributed by atoms with Gasteiger partial charge in [-0.3, -0.25) is 4.68 Å². The summed E-state index contributed by atoms with van der Waals surface area (Å²) in [5, 5.41) is 4.65. The molecule has 0 N–H and O–H groups in total. The fourth-order valence-corrected chi connectivity index (χ4v) is 1.94. The second-order valence-corrected chi connectivity index (χ2v) is 5.82. The van der Waals surface area contributed by atoms with E-state index >= 15 is 0 Å². The molecule has 0 amide bonds. The molecule has 0 aliphatic heterocycles. The van der Waals surface area contributed by atoms with E-state index in [1.807, 2.05) is 17.8 Å². The van der Waals surface area contributed by atoms with Crippen LogP contribution in [0.5, 0.6) is 0 Å². The SMILES string of the molecule is CO[C@H](C)c1cccc(-c2ccn(C(C)(C)C)n2)c1. The highest BCUT2D eigenvalue weighted by Gasteiger charge is 2.15. The Kier molecular flexibility index (Phi) is 3.76. The van der Waals surface area contributed by atoms with Crippen LogP contribution in [-0.2, 0) is 10.3 Å². The van der Waals surface area contributed by atoms with Crippen LogP contribution in [0.4, 0.5) is 0 Å². The number of ether oxygens (including phenoxy) is 1. The molecule has 3 heteroatoms. The Balaban J connectivity index is 2.34. The van der Waals surface area contributed by atoms with Crippen molar-refractivity contribution in [3.05, 3.63) is 42.1 Å². The number of hydrogen-bond acceptors (Lipinski definition) is 2. The van der Waals surface area contributed by atoms with Gasteiger partial charge in [0.1, 0.15) is 0 Å². The van der Waals surface area contributed by atoms with Crippen LogP contribution in [0.15, 0.2) is 36.5 Å². The van der Waals surface area contributed by atoms with Crippen molar-refractivity contribution in [2.75, 3.05) is 7.11 Å². The lowest BCUT2D eigenvalue weighted by atomic mass is 10.1. The molecule has 0 saturated heterocycles. The van der Waals surface area contributed by atoms with Crippen LogP contribution >= 0.6 is 0 Å². The average Bonchev–Trinajstić information content (AvgIpc) is 2.87. The van der Waals surface area contributed by atoms with E-state index < -0.39 is 0 Å². The molecule has 1 atom stereocenters. The molecule has 0 aliphatic carbocycles. The van der Waals surface area contributed by atoms with Crippen molar-refractivity contribution in [1.29, 1.82) is 0 Å². The fourth-order valence-electron chi connectivity index (χ4n) is 1.94. The van der Waals surface area contributed by atoms with Crippen LogP contribution < -0.4 is 0 Å². The third kappa shape index (κ3) is 3.04. The Hall–Kier alpha value is -1.61. The van der Waals surface area contributed by atoms with E-state index in [2.05, 4.69) is 56.2 Å². The predicted molar refractivity (Wildman–Crippen MR) is 78.1 cm³/mol. The molecular weight excluding hydrogens is 236 g/mol. The highest BCUT2D eigenvalue weighted by atomic mass is 16.5. The topological polar surface area (TPSA) is 27.1 Å². The standard InChI is InChI=1S/C16H22N2O/c1-12(19-5)13-7-6-8-14(11-13)15-9-10-18(17-15)16(2,3)4/h6-12H,1-5H3/t12-/m1/s1. The van der Waals surface area contributed by atoms with Gasteiger partial charge in [-0.05, 0) is 45.4 Å². The highest BCUT2D eigenvalue weighted by Crippen LogP contribution is 2.24. The molecule has 2 aromatic rings. The molecule has 102 valence electrons. The summed E-state index contributed by atoms with van der Waals surface area (Å²) in [6, 6.07) is 10.4. The van der Waals surface area contributed by atoms with Crippen molar-refractivity contribution in [3.8, 4) is 11.3 Å². The lowest BCUT2D eigenvalue weighted by Crippen LogP contribution is -2.22. The van der Waals surface area contributed by atoms with E-state index in [0.29, 0.717) is 0 Å². The summed E-state index contributed by atoms with van der Waals surface area (Å²) in [7, 11) is 1.73. The normalized spacial score (nSPS) is 13.5. The maximum Gasteiger partial charge on any atom is 0.0923 e. The molecular formula is C16H22N2O. The fraction of sp³-hybridized carbons (Fsp3) is 0.438. The second kappa shape index (κ2) is 5.17. The minimum atomic E-state index is 0.00960. The van der Waals surface area contributed by atoms with Gasteiger partial charge in [0.15, 0.2) is 0 Å². The van der Waals surface area contributed by atoms with Gasteiger partial charge in [-0.15, -0.1) is 0 Å². The summed E-state index contributed by atoms with van der Waals surface area (Å²) in [5.41, 5.74) is 3.31. The Morgan fingerprint density at radius 1 is 1.21 bits per heavy atom. The minimum absolute atomic E-state index is 0.00960. The van der Waals surface area contributed by atoms with Gasteiger partial charge in [-0.1, -0.05) is 18.2 Å². The van der Waals surface area contributed by atoms with Crippen molar-refractivity contribution < 1.29 is 4.74 Å². The Morgan fingerprint density at radius 2 is 1.95 bits per heavy atom. The lowest BCUT2D eigenvalue weighted by Gasteiger charge is -2.18. The lowest BCUT2D eigenvalue weighted by molar-refractivity contribution is 0.119. The summed E-state index contributed by atoms with van der Waals surface area (Å²) in [6.07, 6.45) is 2.13. The molecule has 0 unspecified atom stereocenters. The van der Waals surface area contributed by atoms with E-state index in [0.717, 1.165) is 11.3 Å². The van der Waals surface area contributed by atoms with E-state index in [4.69, 9.17) is 4.74 Å². The van der Waals surface area contributed by atoms with Crippen LogP contribution in [0.3, 0.4) is 0 Å². The summed E-state index contributed by atoms with van der Waals surface area (Å²) < 4.78 is 7.36. The first kappa shape index (κ1) is 13.8. The highest BCUT2D eigenvalue weighted by molar-refractivity contribution is 5.59. The molecule has 0 radical (unpaired) electrons. The molecule has 2 rings (SSSR count). The first-order valence-corrected chi connectivity index (χ1v) is 6.61. The maximum atomic E-state index is 5.36. The number of rotatable bonds is 3. The Bertz CT molecular complexity index is 552. The van der Waals surface area contributed by atoms with E-state index in [1.165, 1.54) is 5.56 Å². The zero-order valence-electron chi connectivity index (χ0n) is 12.3. The molecule has 3 nitrogen and oxygen atoms in total. The van der Waals surface area contributed by atoms with Crippen LogP contribution in [0, 0.1) is 0 Å². The molecule has 0 aliphatic rings. The van der Waals surface area contributed by atoms with E-state index in [9.17, 15) is 0 Å². The zero-order chi connectivity index (χ0) is 14.0. The third-order valence-corrected chi connectivity index (χ3v) is 3.28. The number of nitrogens with zero attached hydrogens (tertiary/aromatic N) is 2. The van der Waals surface area contributed by atoms with E-state index in [-0.39, 0.29) is 11.6 Å².